The van der Waals surface area contributed by atoms with Crippen LogP contribution in [-0.4, -0.2) is 15.9 Å². The lowest BCUT2D eigenvalue weighted by Crippen LogP contribution is -2.36. The second-order valence-electron chi connectivity index (χ2n) is 3.96. The van der Waals surface area contributed by atoms with Crippen LogP contribution in [0.25, 0.3) is 0 Å². The first-order valence-corrected chi connectivity index (χ1v) is 6.14. The van der Waals surface area contributed by atoms with Gasteiger partial charge in [0.05, 0.1) is 5.56 Å². The zero-order valence-corrected chi connectivity index (χ0v) is 10.9. The molecule has 1 aromatic heterocycles. The van der Waals surface area contributed by atoms with E-state index in [1.54, 1.807) is 18.3 Å². The number of thiocarbonyl (C=S) groups is 1. The summed E-state index contributed by atoms with van der Waals surface area (Å²) in [6.45, 7) is 0. The van der Waals surface area contributed by atoms with Gasteiger partial charge < -0.3 is 11.1 Å². The first kappa shape index (κ1) is 13.2. The van der Waals surface area contributed by atoms with E-state index in [4.69, 9.17) is 18.0 Å². The van der Waals surface area contributed by atoms with E-state index in [2.05, 4.69) is 10.3 Å². The fourth-order valence-electron chi connectivity index (χ4n) is 1.68. The molecule has 1 aromatic carbocycles. The molecule has 1 amide bonds. The summed E-state index contributed by atoms with van der Waals surface area (Å²) in [5.74, 6) is -0.255. The highest BCUT2D eigenvalue weighted by Crippen LogP contribution is 2.13. The van der Waals surface area contributed by atoms with E-state index in [1.165, 1.54) is 6.20 Å². The zero-order valence-electron chi connectivity index (χ0n) is 10.1. The van der Waals surface area contributed by atoms with Gasteiger partial charge in [-0.1, -0.05) is 42.5 Å². The summed E-state index contributed by atoms with van der Waals surface area (Å²) in [5, 5.41) is 2.80. The Kier molecular flexibility index (Phi) is 4.20. The van der Waals surface area contributed by atoms with E-state index >= 15 is 0 Å². The first-order chi connectivity index (χ1) is 9.18. The van der Waals surface area contributed by atoms with Crippen molar-refractivity contribution >= 4 is 23.1 Å². The minimum atomic E-state index is -0.482. The van der Waals surface area contributed by atoms with Crippen LogP contribution in [0.2, 0.25) is 0 Å². The molecule has 0 spiro atoms. The Hall–Kier alpha value is -2.27. The molecule has 1 atom stereocenters. The number of nitrogens with one attached hydrogen (secondary N) is 1. The summed E-state index contributed by atoms with van der Waals surface area (Å²) in [4.78, 5) is 16.2. The van der Waals surface area contributed by atoms with E-state index < -0.39 is 6.04 Å². The van der Waals surface area contributed by atoms with Crippen LogP contribution >= 0.6 is 12.2 Å². The highest BCUT2D eigenvalue weighted by atomic mass is 32.1. The third kappa shape index (κ3) is 3.35. The zero-order chi connectivity index (χ0) is 13.7. The lowest BCUT2D eigenvalue weighted by atomic mass is 10.1. The van der Waals surface area contributed by atoms with Crippen molar-refractivity contribution in [3.05, 3.63) is 66.0 Å². The molecular formula is C14H13N3OS. The molecule has 2 aromatic rings. The van der Waals surface area contributed by atoms with Crippen molar-refractivity contribution in [3.8, 4) is 0 Å². The number of nitrogens with zero attached hydrogens (tertiary/aromatic N) is 1. The smallest absolute Gasteiger partial charge is 0.253 e. The van der Waals surface area contributed by atoms with E-state index in [-0.39, 0.29) is 10.9 Å². The van der Waals surface area contributed by atoms with Crippen molar-refractivity contribution in [2.45, 2.75) is 6.04 Å². The molecule has 3 N–H and O–H groups in total. The molecule has 5 heteroatoms. The number of carbonyl (C=O) groups excluding carboxylic acids is 1. The van der Waals surface area contributed by atoms with Crippen molar-refractivity contribution < 1.29 is 4.79 Å². The molecule has 0 saturated heterocycles. The second kappa shape index (κ2) is 6.06. The third-order valence-corrected chi connectivity index (χ3v) is 2.85. The van der Waals surface area contributed by atoms with Gasteiger partial charge in [0.1, 0.15) is 11.0 Å². The van der Waals surface area contributed by atoms with Gasteiger partial charge in [0.15, 0.2) is 0 Å². The summed E-state index contributed by atoms with van der Waals surface area (Å²) in [5.41, 5.74) is 7.02. The van der Waals surface area contributed by atoms with Crippen molar-refractivity contribution in [1.29, 1.82) is 0 Å². The van der Waals surface area contributed by atoms with Gasteiger partial charge >= 0.3 is 0 Å². The molecule has 19 heavy (non-hydrogen) atoms. The fraction of sp³-hybridized carbons (Fsp3) is 0.0714. The van der Waals surface area contributed by atoms with Gasteiger partial charge in [0.25, 0.3) is 5.91 Å². The van der Waals surface area contributed by atoms with Crippen LogP contribution in [0.4, 0.5) is 0 Å². The maximum absolute atomic E-state index is 12.1. The Labute approximate surface area is 116 Å². The highest BCUT2D eigenvalue weighted by Gasteiger charge is 2.17. The second-order valence-corrected chi connectivity index (χ2v) is 4.43. The molecule has 2 rings (SSSR count). The van der Waals surface area contributed by atoms with Gasteiger partial charge in [-0.15, -0.1) is 0 Å². The summed E-state index contributed by atoms with van der Waals surface area (Å²) >= 11 is 5.01. The van der Waals surface area contributed by atoms with Crippen LogP contribution in [0.5, 0.6) is 0 Å². The van der Waals surface area contributed by atoms with Crippen molar-refractivity contribution in [1.82, 2.24) is 10.3 Å². The summed E-state index contributed by atoms with van der Waals surface area (Å²) in [7, 11) is 0. The summed E-state index contributed by atoms with van der Waals surface area (Å²) in [6, 6.07) is 12.3. The molecule has 0 aliphatic heterocycles. The van der Waals surface area contributed by atoms with E-state index in [0.29, 0.717) is 5.56 Å². The molecular weight excluding hydrogens is 258 g/mol. The molecule has 0 aliphatic rings. The number of carbonyl (C=O) groups is 1. The summed E-state index contributed by atoms with van der Waals surface area (Å²) < 4.78 is 0. The number of nitrogens with two attached hydrogens (primary N) is 1. The topological polar surface area (TPSA) is 68.0 Å². The quantitative estimate of drug-likeness (QED) is 0.833. The van der Waals surface area contributed by atoms with Crippen molar-refractivity contribution in [2.24, 2.45) is 5.73 Å². The Bertz CT molecular complexity index is 572. The van der Waals surface area contributed by atoms with Gasteiger partial charge in [-0.05, 0) is 17.7 Å². The van der Waals surface area contributed by atoms with Crippen LogP contribution < -0.4 is 11.1 Å². The normalized spacial score (nSPS) is 11.6. The molecule has 0 radical (unpaired) electrons. The molecule has 0 saturated carbocycles. The van der Waals surface area contributed by atoms with Crippen molar-refractivity contribution in [3.63, 3.8) is 0 Å². The first-order valence-electron chi connectivity index (χ1n) is 5.73. The van der Waals surface area contributed by atoms with Crippen LogP contribution in [0, 0.1) is 0 Å². The fourth-order valence-corrected chi connectivity index (χ4v) is 1.87. The van der Waals surface area contributed by atoms with E-state index in [0.717, 1.165) is 5.56 Å². The number of hydrogen-bond donors (Lipinski definition) is 2. The SMILES string of the molecule is NC(=S)C(NC(=O)c1cccnc1)c1ccccc1. The Morgan fingerprint density at radius 2 is 1.95 bits per heavy atom. The standard InChI is InChI=1S/C14H13N3OS/c15-13(19)12(10-5-2-1-3-6-10)17-14(18)11-7-4-8-16-9-11/h1-9,12H,(H2,15,19)(H,17,18). The molecule has 0 fully saturated rings. The van der Waals surface area contributed by atoms with Crippen LogP contribution in [-0.2, 0) is 0 Å². The minimum absolute atomic E-state index is 0.225. The van der Waals surface area contributed by atoms with Gasteiger partial charge in [-0.25, -0.2) is 0 Å². The Balaban J connectivity index is 2.19. The highest BCUT2D eigenvalue weighted by molar-refractivity contribution is 7.80. The largest absolute Gasteiger partial charge is 0.391 e. The predicted octanol–water partition coefficient (Wildman–Crippen LogP) is 1.84. The molecule has 96 valence electrons. The number of hydrogen-bond acceptors (Lipinski definition) is 3. The van der Waals surface area contributed by atoms with E-state index in [9.17, 15) is 4.79 Å². The third-order valence-electron chi connectivity index (χ3n) is 2.62. The van der Waals surface area contributed by atoms with Gasteiger partial charge in [0, 0.05) is 12.4 Å². The average molecular weight is 271 g/mol. The summed E-state index contributed by atoms with van der Waals surface area (Å²) in [6.07, 6.45) is 3.11. The van der Waals surface area contributed by atoms with Crippen molar-refractivity contribution in [2.75, 3.05) is 0 Å². The number of pyridine rings is 1. The molecule has 1 unspecified atom stereocenters. The maximum atomic E-state index is 12.1. The number of amides is 1. The predicted molar refractivity (Wildman–Crippen MR) is 77.7 cm³/mol. The maximum Gasteiger partial charge on any atom is 0.253 e. The molecule has 4 nitrogen and oxygen atoms in total. The Morgan fingerprint density at radius 3 is 2.53 bits per heavy atom. The number of aromatic nitrogens is 1. The van der Waals surface area contributed by atoms with Gasteiger partial charge in [-0.2, -0.15) is 0 Å². The van der Waals surface area contributed by atoms with Crippen LogP contribution in [0.1, 0.15) is 22.0 Å². The molecule has 1 heterocycles. The number of rotatable bonds is 4. The number of benzene rings is 1. The van der Waals surface area contributed by atoms with E-state index in [1.807, 2.05) is 30.3 Å². The molecule has 0 bridgehead atoms. The Morgan fingerprint density at radius 1 is 1.21 bits per heavy atom. The monoisotopic (exact) mass is 271 g/mol. The lowest BCUT2D eigenvalue weighted by Gasteiger charge is -2.17. The minimum Gasteiger partial charge on any atom is -0.391 e. The lowest BCUT2D eigenvalue weighted by molar-refractivity contribution is 0.0946. The van der Waals surface area contributed by atoms with Gasteiger partial charge in [-0.3, -0.25) is 9.78 Å². The molecule has 0 aliphatic carbocycles. The van der Waals surface area contributed by atoms with Gasteiger partial charge in [0.2, 0.25) is 0 Å². The van der Waals surface area contributed by atoms with Crippen LogP contribution in [0.15, 0.2) is 54.9 Å². The van der Waals surface area contributed by atoms with Crippen LogP contribution in [0.3, 0.4) is 0 Å². The average Bonchev–Trinajstić information content (AvgIpc) is 2.46.